The summed E-state index contributed by atoms with van der Waals surface area (Å²) in [6.07, 6.45) is 3.58. The van der Waals surface area contributed by atoms with E-state index in [9.17, 15) is 0 Å². The molecule has 1 fully saturated rings. The number of benzene rings is 1. The van der Waals surface area contributed by atoms with Gasteiger partial charge in [0.2, 0.25) is 0 Å². The Hall–Kier alpha value is -1.06. The Morgan fingerprint density at radius 3 is 2.59 bits per heavy atom. The van der Waals surface area contributed by atoms with Gasteiger partial charge in [-0.25, -0.2) is 4.98 Å². The Kier molecular flexibility index (Phi) is 3.69. The molecule has 1 aromatic heterocycles. The average Bonchev–Trinajstić information content (AvgIpc) is 3.04. The summed E-state index contributed by atoms with van der Waals surface area (Å²) in [6.45, 7) is 0. The summed E-state index contributed by atoms with van der Waals surface area (Å²) in [5.41, 5.74) is 9.06. The number of nitrogens with two attached hydrogens (primary N) is 1. The van der Waals surface area contributed by atoms with E-state index in [1.54, 1.807) is 11.3 Å². The van der Waals surface area contributed by atoms with Crippen LogP contribution in [0.5, 0.6) is 0 Å². The monoisotopic (exact) mass is 266 g/mol. The van der Waals surface area contributed by atoms with Crippen molar-refractivity contribution in [1.82, 2.24) is 4.98 Å². The van der Waals surface area contributed by atoms with Gasteiger partial charge in [0.1, 0.15) is 0 Å². The summed E-state index contributed by atoms with van der Waals surface area (Å²) >= 11 is 1.77. The number of hydrogen-bond acceptors (Lipinski definition) is 3. The zero-order valence-electron chi connectivity index (χ0n) is 9.43. The van der Waals surface area contributed by atoms with Crippen molar-refractivity contribution in [1.29, 1.82) is 0 Å². The molecule has 4 heteroatoms. The number of aromatic nitrogens is 1. The van der Waals surface area contributed by atoms with Crippen LogP contribution in [0.2, 0.25) is 0 Å². The van der Waals surface area contributed by atoms with E-state index in [0.717, 1.165) is 18.0 Å². The van der Waals surface area contributed by atoms with E-state index in [1.165, 1.54) is 29.1 Å². The highest BCUT2D eigenvalue weighted by Gasteiger charge is 2.25. The van der Waals surface area contributed by atoms with Gasteiger partial charge in [0.25, 0.3) is 0 Å². The molecular weight excluding hydrogens is 252 g/mol. The van der Waals surface area contributed by atoms with Crippen molar-refractivity contribution in [3.05, 3.63) is 45.9 Å². The largest absolute Gasteiger partial charge is 0.399 e. The molecule has 0 bridgehead atoms. The maximum Gasteiger partial charge on any atom is 0.0972 e. The zero-order valence-corrected chi connectivity index (χ0v) is 11.1. The van der Waals surface area contributed by atoms with Gasteiger partial charge in [0.15, 0.2) is 0 Å². The summed E-state index contributed by atoms with van der Waals surface area (Å²) in [5, 5.41) is 3.43. The first-order valence-corrected chi connectivity index (χ1v) is 6.48. The van der Waals surface area contributed by atoms with Crippen molar-refractivity contribution in [2.24, 2.45) is 0 Å². The zero-order chi connectivity index (χ0) is 11.0. The maximum atomic E-state index is 5.66. The number of nitrogen functional groups attached to an aromatic ring is 1. The van der Waals surface area contributed by atoms with Crippen LogP contribution >= 0.6 is 23.7 Å². The molecule has 17 heavy (non-hydrogen) atoms. The SMILES string of the molecule is Cl.Nc1ccc(Cc2nc(C3CC3)cs2)cc1. The molecular formula is C13H15ClN2S. The Morgan fingerprint density at radius 2 is 1.94 bits per heavy atom. The number of anilines is 1. The molecule has 0 atom stereocenters. The average molecular weight is 267 g/mol. The second-order valence-electron chi connectivity index (χ2n) is 4.36. The second-order valence-corrected chi connectivity index (χ2v) is 5.30. The molecule has 0 radical (unpaired) electrons. The Balaban J connectivity index is 0.00000108. The summed E-state index contributed by atoms with van der Waals surface area (Å²) in [6, 6.07) is 8.05. The molecule has 2 aromatic rings. The first kappa shape index (κ1) is 12.4. The summed E-state index contributed by atoms with van der Waals surface area (Å²) in [5.74, 6) is 0.761. The third kappa shape index (κ3) is 2.99. The number of nitrogens with zero attached hydrogens (tertiary/aromatic N) is 1. The molecule has 0 unspecified atom stereocenters. The normalized spacial score (nSPS) is 14.4. The van der Waals surface area contributed by atoms with Crippen LogP contribution in [-0.4, -0.2) is 4.98 Å². The van der Waals surface area contributed by atoms with E-state index in [0.29, 0.717) is 0 Å². The molecule has 0 saturated heterocycles. The first-order chi connectivity index (χ1) is 7.81. The molecule has 1 saturated carbocycles. The Bertz CT molecular complexity index is 488. The molecule has 2 nitrogen and oxygen atoms in total. The molecule has 2 N–H and O–H groups in total. The molecule has 0 spiro atoms. The van der Waals surface area contributed by atoms with Gasteiger partial charge in [0.05, 0.1) is 10.7 Å². The third-order valence-corrected chi connectivity index (χ3v) is 3.77. The molecule has 0 amide bonds. The van der Waals surface area contributed by atoms with Crippen LogP contribution in [-0.2, 0) is 6.42 Å². The summed E-state index contributed by atoms with van der Waals surface area (Å²) < 4.78 is 0. The molecule has 1 heterocycles. The number of halogens is 1. The lowest BCUT2D eigenvalue weighted by molar-refractivity contribution is 1.01. The minimum atomic E-state index is 0. The Morgan fingerprint density at radius 1 is 1.24 bits per heavy atom. The van der Waals surface area contributed by atoms with Crippen molar-refractivity contribution in [2.45, 2.75) is 25.2 Å². The number of thiazole rings is 1. The van der Waals surface area contributed by atoms with Gasteiger partial charge in [-0.2, -0.15) is 0 Å². The highest BCUT2D eigenvalue weighted by Crippen LogP contribution is 2.40. The lowest BCUT2D eigenvalue weighted by Crippen LogP contribution is -1.90. The molecule has 1 aliphatic rings. The molecule has 1 aromatic carbocycles. The maximum absolute atomic E-state index is 5.66. The smallest absolute Gasteiger partial charge is 0.0972 e. The predicted molar refractivity (Wildman–Crippen MR) is 75.0 cm³/mol. The van der Waals surface area contributed by atoms with E-state index in [-0.39, 0.29) is 12.4 Å². The summed E-state index contributed by atoms with van der Waals surface area (Å²) in [7, 11) is 0. The fourth-order valence-electron chi connectivity index (χ4n) is 1.78. The Labute approximate surface area is 111 Å². The van der Waals surface area contributed by atoms with E-state index in [1.807, 2.05) is 12.1 Å². The molecule has 3 rings (SSSR count). The van der Waals surface area contributed by atoms with Gasteiger partial charge in [-0.15, -0.1) is 23.7 Å². The highest BCUT2D eigenvalue weighted by molar-refractivity contribution is 7.09. The van der Waals surface area contributed by atoms with Crippen molar-refractivity contribution in [2.75, 3.05) is 5.73 Å². The number of hydrogen-bond donors (Lipinski definition) is 1. The van der Waals surface area contributed by atoms with Gasteiger partial charge in [-0.1, -0.05) is 12.1 Å². The van der Waals surface area contributed by atoms with Gasteiger partial charge in [0, 0.05) is 23.4 Å². The topological polar surface area (TPSA) is 38.9 Å². The van der Waals surface area contributed by atoms with Crippen molar-refractivity contribution < 1.29 is 0 Å². The lowest BCUT2D eigenvalue weighted by Gasteiger charge is -1.98. The van der Waals surface area contributed by atoms with E-state index in [4.69, 9.17) is 5.73 Å². The van der Waals surface area contributed by atoms with Crippen LogP contribution in [0.3, 0.4) is 0 Å². The van der Waals surface area contributed by atoms with Gasteiger partial charge in [-0.3, -0.25) is 0 Å². The van der Waals surface area contributed by atoms with Crippen LogP contribution < -0.4 is 5.73 Å². The molecule has 1 aliphatic carbocycles. The van der Waals surface area contributed by atoms with E-state index >= 15 is 0 Å². The van der Waals surface area contributed by atoms with Crippen molar-refractivity contribution in [3.63, 3.8) is 0 Å². The van der Waals surface area contributed by atoms with E-state index in [2.05, 4.69) is 22.5 Å². The van der Waals surface area contributed by atoms with Crippen LogP contribution in [0.4, 0.5) is 5.69 Å². The second kappa shape index (κ2) is 5.07. The fraction of sp³-hybridized carbons (Fsp3) is 0.308. The first-order valence-electron chi connectivity index (χ1n) is 5.60. The third-order valence-electron chi connectivity index (χ3n) is 2.90. The quantitative estimate of drug-likeness (QED) is 0.862. The van der Waals surface area contributed by atoms with Crippen molar-refractivity contribution in [3.8, 4) is 0 Å². The number of rotatable bonds is 3. The van der Waals surface area contributed by atoms with Crippen LogP contribution in [0.15, 0.2) is 29.6 Å². The lowest BCUT2D eigenvalue weighted by atomic mass is 10.1. The van der Waals surface area contributed by atoms with Gasteiger partial charge < -0.3 is 5.73 Å². The van der Waals surface area contributed by atoms with Gasteiger partial charge >= 0.3 is 0 Å². The van der Waals surface area contributed by atoms with Crippen LogP contribution in [0.25, 0.3) is 0 Å². The fourth-order valence-corrected chi connectivity index (χ4v) is 2.69. The predicted octanol–water partition coefficient (Wildman–Crippen LogP) is 3.62. The minimum absolute atomic E-state index is 0. The highest BCUT2D eigenvalue weighted by atomic mass is 35.5. The standard InChI is InChI=1S/C13H14N2S.ClH/c14-11-5-1-9(2-6-11)7-13-15-12(8-16-13)10-3-4-10;/h1-2,5-6,8,10H,3-4,7,14H2;1H. The van der Waals surface area contributed by atoms with E-state index < -0.39 is 0 Å². The van der Waals surface area contributed by atoms with Crippen LogP contribution in [0.1, 0.15) is 35.0 Å². The molecule has 0 aliphatic heterocycles. The summed E-state index contributed by atoms with van der Waals surface area (Å²) in [4.78, 5) is 4.68. The van der Waals surface area contributed by atoms with Crippen LogP contribution in [0, 0.1) is 0 Å². The minimum Gasteiger partial charge on any atom is -0.399 e. The van der Waals surface area contributed by atoms with Gasteiger partial charge in [-0.05, 0) is 30.5 Å². The van der Waals surface area contributed by atoms with Crippen molar-refractivity contribution >= 4 is 29.4 Å². The molecule has 90 valence electrons.